The number of carbonyl (C=O) groups excluding carboxylic acids is 1. The summed E-state index contributed by atoms with van der Waals surface area (Å²) in [5.74, 6) is 1.93. The van der Waals surface area contributed by atoms with Crippen molar-refractivity contribution in [1.82, 2.24) is 14.8 Å². The Kier molecular flexibility index (Phi) is 8.01. The summed E-state index contributed by atoms with van der Waals surface area (Å²) < 4.78 is 13.5. The van der Waals surface area contributed by atoms with E-state index in [1.807, 2.05) is 45.0 Å². The van der Waals surface area contributed by atoms with Crippen molar-refractivity contribution in [2.24, 2.45) is 0 Å². The number of carbonyl (C=O) groups is 1. The van der Waals surface area contributed by atoms with Crippen LogP contribution < -0.4 is 10.1 Å². The van der Waals surface area contributed by atoms with E-state index in [2.05, 4.69) is 24.1 Å². The molecular formula is C23H32N4O3S. The molecular weight excluding hydrogens is 412 g/mol. The van der Waals surface area contributed by atoms with Crippen LogP contribution in [0.25, 0.3) is 0 Å². The Morgan fingerprint density at radius 2 is 2.03 bits per heavy atom. The molecule has 1 atom stereocenters. The Morgan fingerprint density at radius 3 is 2.74 bits per heavy atom. The molecule has 1 aromatic heterocycles. The van der Waals surface area contributed by atoms with Gasteiger partial charge in [-0.15, -0.1) is 5.10 Å². The normalized spacial score (nSPS) is 15.6. The highest BCUT2D eigenvalue weighted by atomic mass is 32.2. The Hall–Kier alpha value is -2.48. The molecule has 31 heavy (non-hydrogen) atoms. The Balaban J connectivity index is 2.09. The molecule has 0 fully saturated rings. The lowest BCUT2D eigenvalue weighted by Gasteiger charge is -2.29. The molecule has 7 nitrogen and oxygen atoms in total. The highest BCUT2D eigenvalue weighted by molar-refractivity contribution is 7.99. The molecule has 0 saturated heterocycles. The first-order valence-electron chi connectivity index (χ1n) is 11.0. The lowest BCUT2D eigenvalue weighted by atomic mass is 9.95. The number of anilines is 1. The van der Waals surface area contributed by atoms with Crippen LogP contribution >= 0.6 is 11.8 Å². The van der Waals surface area contributed by atoms with Crippen molar-refractivity contribution in [3.8, 4) is 5.75 Å². The zero-order valence-electron chi connectivity index (χ0n) is 19.0. The maximum atomic E-state index is 13.1. The van der Waals surface area contributed by atoms with E-state index in [4.69, 9.17) is 14.6 Å². The van der Waals surface area contributed by atoms with Crippen molar-refractivity contribution in [2.75, 3.05) is 17.7 Å². The van der Waals surface area contributed by atoms with Gasteiger partial charge in [0.05, 0.1) is 18.3 Å². The van der Waals surface area contributed by atoms with Gasteiger partial charge in [-0.3, -0.25) is 0 Å². The summed E-state index contributed by atoms with van der Waals surface area (Å²) in [6.45, 7) is 10.4. The third-order valence-electron chi connectivity index (χ3n) is 4.80. The van der Waals surface area contributed by atoms with Crippen molar-refractivity contribution >= 4 is 23.7 Å². The summed E-state index contributed by atoms with van der Waals surface area (Å²) in [5.41, 5.74) is 2.10. The van der Waals surface area contributed by atoms with E-state index < -0.39 is 6.04 Å². The minimum absolute atomic E-state index is 0.225. The number of nitrogens with zero attached hydrogens (tertiary/aromatic N) is 3. The van der Waals surface area contributed by atoms with Gasteiger partial charge in [-0.05, 0) is 39.7 Å². The first kappa shape index (κ1) is 23.2. The number of allylic oxidation sites excluding steroid dienone is 1. The van der Waals surface area contributed by atoms with Gasteiger partial charge in [0.25, 0.3) is 0 Å². The van der Waals surface area contributed by atoms with Gasteiger partial charge in [0.2, 0.25) is 11.1 Å². The van der Waals surface area contributed by atoms with Crippen LogP contribution in [0.4, 0.5) is 5.95 Å². The smallest absolute Gasteiger partial charge is 0.338 e. The number of hydrogen-bond acceptors (Lipinski definition) is 7. The molecule has 0 spiro atoms. The first-order valence-corrected chi connectivity index (χ1v) is 11.9. The molecule has 2 heterocycles. The number of benzene rings is 1. The molecule has 0 amide bonds. The van der Waals surface area contributed by atoms with E-state index in [0.29, 0.717) is 29.0 Å². The van der Waals surface area contributed by atoms with Gasteiger partial charge in [0.15, 0.2) is 0 Å². The van der Waals surface area contributed by atoms with Crippen molar-refractivity contribution in [1.29, 1.82) is 0 Å². The fourth-order valence-corrected chi connectivity index (χ4v) is 4.06. The number of rotatable bonds is 10. The summed E-state index contributed by atoms with van der Waals surface area (Å²) in [7, 11) is 0. The zero-order valence-corrected chi connectivity index (χ0v) is 19.8. The molecule has 8 heteroatoms. The highest BCUT2D eigenvalue weighted by Gasteiger charge is 2.37. The van der Waals surface area contributed by atoms with Gasteiger partial charge in [-0.1, -0.05) is 50.2 Å². The third kappa shape index (κ3) is 5.42. The second kappa shape index (κ2) is 10.7. The lowest BCUT2D eigenvalue weighted by Crippen LogP contribution is -2.31. The summed E-state index contributed by atoms with van der Waals surface area (Å²) in [4.78, 5) is 17.8. The number of thioether (sulfide) groups is 1. The SMILES string of the molecule is CCCCOc1ccccc1C1C(C(=O)OC(C)C)=C(C)Nc2nc(SCCC)nn21. The first-order chi connectivity index (χ1) is 15.0. The van der Waals surface area contributed by atoms with Crippen molar-refractivity contribution in [3.63, 3.8) is 0 Å². The summed E-state index contributed by atoms with van der Waals surface area (Å²) in [6.07, 6.45) is 2.82. The average molecular weight is 445 g/mol. The van der Waals surface area contributed by atoms with Crippen molar-refractivity contribution < 1.29 is 14.3 Å². The summed E-state index contributed by atoms with van der Waals surface area (Å²) in [5, 5.41) is 8.67. The molecule has 168 valence electrons. The van der Waals surface area contributed by atoms with Gasteiger partial charge < -0.3 is 14.8 Å². The molecule has 1 N–H and O–H groups in total. The maximum Gasteiger partial charge on any atom is 0.338 e. The molecule has 1 aliphatic heterocycles. The van der Waals surface area contributed by atoms with E-state index in [1.54, 1.807) is 16.4 Å². The fourth-order valence-electron chi connectivity index (χ4n) is 3.38. The predicted molar refractivity (Wildman–Crippen MR) is 124 cm³/mol. The van der Waals surface area contributed by atoms with E-state index >= 15 is 0 Å². The number of ether oxygens (including phenoxy) is 2. The number of para-hydroxylation sites is 1. The largest absolute Gasteiger partial charge is 0.493 e. The monoisotopic (exact) mass is 444 g/mol. The lowest BCUT2D eigenvalue weighted by molar-refractivity contribution is -0.143. The molecule has 3 rings (SSSR count). The number of nitrogens with one attached hydrogen (secondary N) is 1. The average Bonchev–Trinajstić information content (AvgIpc) is 3.13. The third-order valence-corrected chi connectivity index (χ3v) is 5.84. The van der Waals surface area contributed by atoms with Crippen LogP contribution in [-0.4, -0.2) is 39.2 Å². The molecule has 1 unspecified atom stereocenters. The Bertz CT molecular complexity index is 939. The molecule has 0 aliphatic carbocycles. The van der Waals surface area contributed by atoms with Crippen LogP contribution in [0, 0.1) is 0 Å². The van der Waals surface area contributed by atoms with E-state index in [1.165, 1.54) is 0 Å². The van der Waals surface area contributed by atoms with Crippen molar-refractivity contribution in [2.45, 2.75) is 71.2 Å². The standard InChI is InChI=1S/C23H32N4O3S/c1-6-8-13-29-18-12-10-9-11-17(18)20-19(21(28)30-15(3)4)16(5)24-22-25-23(26-27(20)22)31-14-7-2/h9-12,15,20H,6-8,13-14H2,1-5H3,(H,24,25,26). The Morgan fingerprint density at radius 1 is 1.26 bits per heavy atom. The topological polar surface area (TPSA) is 78.3 Å². The minimum Gasteiger partial charge on any atom is -0.493 e. The predicted octanol–water partition coefficient (Wildman–Crippen LogP) is 5.20. The minimum atomic E-state index is -0.483. The van der Waals surface area contributed by atoms with E-state index in [-0.39, 0.29) is 12.1 Å². The molecule has 1 aliphatic rings. The van der Waals surface area contributed by atoms with Gasteiger partial charge >= 0.3 is 5.97 Å². The van der Waals surface area contributed by atoms with Crippen LogP contribution in [0.1, 0.15) is 65.5 Å². The number of unbranched alkanes of at least 4 members (excludes halogenated alkanes) is 1. The van der Waals surface area contributed by atoms with Gasteiger partial charge in [0.1, 0.15) is 11.8 Å². The van der Waals surface area contributed by atoms with Gasteiger partial charge in [-0.25, -0.2) is 9.48 Å². The van der Waals surface area contributed by atoms with Crippen LogP contribution in [0.3, 0.4) is 0 Å². The molecule has 0 saturated carbocycles. The molecule has 0 bridgehead atoms. The second-order valence-corrected chi connectivity index (χ2v) is 8.83. The number of hydrogen-bond donors (Lipinski definition) is 1. The zero-order chi connectivity index (χ0) is 22.4. The molecule has 2 aromatic rings. The Labute approximate surface area is 188 Å². The maximum absolute atomic E-state index is 13.1. The second-order valence-electron chi connectivity index (χ2n) is 7.77. The van der Waals surface area contributed by atoms with E-state index in [0.717, 1.165) is 36.3 Å². The van der Waals surface area contributed by atoms with Gasteiger partial charge in [-0.2, -0.15) is 4.98 Å². The van der Waals surface area contributed by atoms with Gasteiger partial charge in [0, 0.05) is 17.0 Å². The van der Waals surface area contributed by atoms with Crippen LogP contribution in [0.5, 0.6) is 5.75 Å². The molecule has 1 aromatic carbocycles. The number of aromatic nitrogens is 3. The summed E-state index contributed by atoms with van der Waals surface area (Å²) >= 11 is 1.60. The summed E-state index contributed by atoms with van der Waals surface area (Å²) in [6, 6.07) is 7.34. The quantitative estimate of drug-likeness (QED) is 0.306. The van der Waals surface area contributed by atoms with Crippen LogP contribution in [-0.2, 0) is 9.53 Å². The van der Waals surface area contributed by atoms with Crippen LogP contribution in [0.2, 0.25) is 0 Å². The fraction of sp³-hybridized carbons (Fsp3) is 0.522. The number of fused-ring (bicyclic) bond motifs is 1. The molecule has 0 radical (unpaired) electrons. The highest BCUT2D eigenvalue weighted by Crippen LogP contribution is 2.40. The van der Waals surface area contributed by atoms with Crippen LogP contribution in [0.15, 0.2) is 40.7 Å². The van der Waals surface area contributed by atoms with Crippen molar-refractivity contribution in [3.05, 3.63) is 41.1 Å². The van der Waals surface area contributed by atoms with E-state index in [9.17, 15) is 4.79 Å². The number of esters is 1.